The first-order valence-electron chi connectivity index (χ1n) is 6.65. The van der Waals surface area contributed by atoms with Gasteiger partial charge in [-0.05, 0) is 37.3 Å². The van der Waals surface area contributed by atoms with Crippen molar-refractivity contribution >= 4 is 11.8 Å². The lowest BCUT2D eigenvalue weighted by Gasteiger charge is -2.19. The van der Waals surface area contributed by atoms with Crippen LogP contribution in [0, 0.1) is 6.92 Å². The Morgan fingerprint density at radius 2 is 2.11 bits per heavy atom. The first-order valence-corrected chi connectivity index (χ1v) is 7.81. The molecule has 18 heavy (non-hydrogen) atoms. The zero-order valence-electron chi connectivity index (χ0n) is 12.0. The summed E-state index contributed by atoms with van der Waals surface area (Å²) in [6.07, 6.45) is 1.03. The lowest BCUT2D eigenvalue weighted by atomic mass is 10.0. The van der Waals surface area contributed by atoms with Crippen LogP contribution in [0.25, 0.3) is 0 Å². The standard InChI is InChI=1S/C15H25NOS/c1-5-16-14(11-18-6-2)10-13-9-12(3)7-8-15(13)17-4/h7-9,14,16H,5-6,10-11H2,1-4H3. The van der Waals surface area contributed by atoms with Gasteiger partial charge in [0.2, 0.25) is 0 Å². The summed E-state index contributed by atoms with van der Waals surface area (Å²) in [4.78, 5) is 0. The van der Waals surface area contributed by atoms with Gasteiger partial charge < -0.3 is 10.1 Å². The molecule has 0 spiro atoms. The van der Waals surface area contributed by atoms with Crippen LogP contribution >= 0.6 is 11.8 Å². The number of rotatable bonds is 8. The van der Waals surface area contributed by atoms with Crippen molar-refractivity contribution in [2.24, 2.45) is 0 Å². The van der Waals surface area contributed by atoms with Gasteiger partial charge in [-0.25, -0.2) is 0 Å². The van der Waals surface area contributed by atoms with E-state index in [2.05, 4.69) is 44.3 Å². The predicted molar refractivity (Wildman–Crippen MR) is 81.9 cm³/mol. The average molecular weight is 267 g/mol. The van der Waals surface area contributed by atoms with Gasteiger partial charge in [0.05, 0.1) is 7.11 Å². The number of benzene rings is 1. The number of ether oxygens (including phenoxy) is 1. The number of hydrogen-bond acceptors (Lipinski definition) is 3. The molecule has 0 amide bonds. The molecule has 0 saturated carbocycles. The second kappa shape index (κ2) is 8.44. The van der Waals surface area contributed by atoms with Crippen molar-refractivity contribution in [2.45, 2.75) is 33.2 Å². The maximum absolute atomic E-state index is 5.45. The number of aryl methyl sites for hydroxylation is 1. The van der Waals surface area contributed by atoms with Crippen LogP contribution in [0.5, 0.6) is 5.75 Å². The fraction of sp³-hybridized carbons (Fsp3) is 0.600. The third-order valence-corrected chi connectivity index (χ3v) is 3.96. The molecule has 1 atom stereocenters. The summed E-state index contributed by atoms with van der Waals surface area (Å²) in [5, 5.41) is 3.56. The van der Waals surface area contributed by atoms with Gasteiger partial charge in [0.25, 0.3) is 0 Å². The minimum absolute atomic E-state index is 0.524. The van der Waals surface area contributed by atoms with E-state index >= 15 is 0 Å². The summed E-state index contributed by atoms with van der Waals surface area (Å²) in [7, 11) is 1.75. The third-order valence-electron chi connectivity index (χ3n) is 2.92. The molecule has 0 bridgehead atoms. The van der Waals surface area contributed by atoms with E-state index in [-0.39, 0.29) is 0 Å². The molecule has 0 heterocycles. The molecule has 1 aromatic carbocycles. The summed E-state index contributed by atoms with van der Waals surface area (Å²) >= 11 is 1.99. The Hall–Kier alpha value is -0.670. The van der Waals surface area contributed by atoms with Gasteiger partial charge >= 0.3 is 0 Å². The molecule has 1 aromatic rings. The Morgan fingerprint density at radius 3 is 2.72 bits per heavy atom. The van der Waals surface area contributed by atoms with Crippen LogP contribution in [-0.4, -0.2) is 31.2 Å². The van der Waals surface area contributed by atoms with Crippen LogP contribution < -0.4 is 10.1 Å². The second-order valence-electron chi connectivity index (χ2n) is 4.43. The highest BCUT2D eigenvalue weighted by atomic mass is 32.2. The van der Waals surface area contributed by atoms with Crippen LogP contribution in [0.3, 0.4) is 0 Å². The molecule has 0 aliphatic carbocycles. The highest BCUT2D eigenvalue weighted by Gasteiger charge is 2.11. The maximum Gasteiger partial charge on any atom is 0.122 e. The van der Waals surface area contributed by atoms with Crippen molar-refractivity contribution in [3.05, 3.63) is 29.3 Å². The van der Waals surface area contributed by atoms with Crippen LogP contribution in [0.15, 0.2) is 18.2 Å². The van der Waals surface area contributed by atoms with Gasteiger partial charge in [-0.2, -0.15) is 11.8 Å². The molecule has 0 radical (unpaired) electrons. The van der Waals surface area contributed by atoms with E-state index in [0.29, 0.717) is 6.04 Å². The minimum Gasteiger partial charge on any atom is -0.496 e. The molecule has 0 aliphatic rings. The fourth-order valence-electron chi connectivity index (χ4n) is 2.07. The summed E-state index contributed by atoms with van der Waals surface area (Å²) < 4.78 is 5.45. The molecule has 0 saturated heterocycles. The molecule has 3 heteroatoms. The monoisotopic (exact) mass is 267 g/mol. The Balaban J connectivity index is 2.74. The van der Waals surface area contributed by atoms with Crippen LogP contribution in [0.1, 0.15) is 25.0 Å². The van der Waals surface area contributed by atoms with Crippen molar-refractivity contribution in [3.63, 3.8) is 0 Å². The fourth-order valence-corrected chi connectivity index (χ4v) is 2.83. The topological polar surface area (TPSA) is 21.3 Å². The third kappa shape index (κ3) is 4.91. The van der Waals surface area contributed by atoms with Gasteiger partial charge in [-0.3, -0.25) is 0 Å². The van der Waals surface area contributed by atoms with Gasteiger partial charge in [0.1, 0.15) is 5.75 Å². The molecule has 0 fully saturated rings. The molecule has 0 aliphatic heterocycles. The molecule has 1 N–H and O–H groups in total. The van der Waals surface area contributed by atoms with Gasteiger partial charge in [0.15, 0.2) is 0 Å². The zero-order valence-corrected chi connectivity index (χ0v) is 12.8. The molecule has 1 unspecified atom stereocenters. The highest BCUT2D eigenvalue weighted by Crippen LogP contribution is 2.22. The summed E-state index contributed by atoms with van der Waals surface area (Å²) in [6.45, 7) is 7.52. The van der Waals surface area contributed by atoms with Gasteiger partial charge in [0, 0.05) is 11.8 Å². The minimum atomic E-state index is 0.524. The van der Waals surface area contributed by atoms with Crippen LogP contribution in [0.4, 0.5) is 0 Å². The Labute approximate surface area is 116 Å². The number of hydrogen-bond donors (Lipinski definition) is 1. The summed E-state index contributed by atoms with van der Waals surface area (Å²) in [5.74, 6) is 3.33. The van der Waals surface area contributed by atoms with Crippen molar-refractivity contribution in [1.29, 1.82) is 0 Å². The average Bonchev–Trinajstić information content (AvgIpc) is 2.36. The predicted octanol–water partition coefficient (Wildman–Crippen LogP) is 3.28. The van der Waals surface area contributed by atoms with Crippen molar-refractivity contribution in [2.75, 3.05) is 25.2 Å². The smallest absolute Gasteiger partial charge is 0.122 e. The quantitative estimate of drug-likeness (QED) is 0.781. The maximum atomic E-state index is 5.45. The summed E-state index contributed by atoms with van der Waals surface area (Å²) in [6, 6.07) is 6.93. The van der Waals surface area contributed by atoms with E-state index in [1.807, 2.05) is 11.8 Å². The number of likely N-dealkylation sites (N-methyl/N-ethyl adjacent to an activating group) is 1. The van der Waals surface area contributed by atoms with Crippen molar-refractivity contribution in [1.82, 2.24) is 5.32 Å². The van der Waals surface area contributed by atoms with Crippen molar-refractivity contribution < 1.29 is 4.74 Å². The van der Waals surface area contributed by atoms with E-state index in [1.165, 1.54) is 16.9 Å². The lowest BCUT2D eigenvalue weighted by Crippen LogP contribution is -2.33. The SMILES string of the molecule is CCNC(CSCC)Cc1cc(C)ccc1OC. The molecule has 1 rings (SSSR count). The Kier molecular flexibility index (Phi) is 7.21. The lowest BCUT2D eigenvalue weighted by molar-refractivity contribution is 0.406. The van der Waals surface area contributed by atoms with E-state index in [4.69, 9.17) is 4.74 Å². The number of thioether (sulfide) groups is 1. The van der Waals surface area contributed by atoms with Gasteiger partial charge in [-0.15, -0.1) is 0 Å². The first kappa shape index (κ1) is 15.4. The number of nitrogens with one attached hydrogen (secondary N) is 1. The van der Waals surface area contributed by atoms with E-state index in [1.54, 1.807) is 7.11 Å². The Bertz CT molecular complexity index is 354. The normalized spacial score (nSPS) is 12.4. The van der Waals surface area contributed by atoms with E-state index < -0.39 is 0 Å². The van der Waals surface area contributed by atoms with E-state index in [0.717, 1.165) is 24.5 Å². The van der Waals surface area contributed by atoms with E-state index in [9.17, 15) is 0 Å². The zero-order chi connectivity index (χ0) is 13.4. The largest absolute Gasteiger partial charge is 0.496 e. The highest BCUT2D eigenvalue weighted by molar-refractivity contribution is 7.99. The first-order chi connectivity index (χ1) is 8.71. The Morgan fingerprint density at radius 1 is 1.33 bits per heavy atom. The number of methoxy groups -OCH3 is 1. The van der Waals surface area contributed by atoms with Crippen LogP contribution in [-0.2, 0) is 6.42 Å². The van der Waals surface area contributed by atoms with Gasteiger partial charge in [-0.1, -0.05) is 31.5 Å². The molecular formula is C15H25NOS. The molecular weight excluding hydrogens is 242 g/mol. The van der Waals surface area contributed by atoms with Crippen LogP contribution in [0.2, 0.25) is 0 Å². The molecule has 2 nitrogen and oxygen atoms in total. The molecule has 102 valence electrons. The van der Waals surface area contributed by atoms with Crippen molar-refractivity contribution in [3.8, 4) is 5.75 Å². The second-order valence-corrected chi connectivity index (χ2v) is 5.75. The molecule has 0 aromatic heterocycles. The summed E-state index contributed by atoms with van der Waals surface area (Å²) in [5.41, 5.74) is 2.60.